The summed E-state index contributed by atoms with van der Waals surface area (Å²) in [5.41, 5.74) is 1.77. The van der Waals surface area contributed by atoms with Crippen LogP contribution in [0.2, 0.25) is 0 Å². The Balaban J connectivity index is 2.11. The van der Waals surface area contributed by atoms with Crippen molar-refractivity contribution in [1.29, 1.82) is 0 Å². The topological polar surface area (TPSA) is 72.2 Å². The minimum atomic E-state index is -3.34. The molecule has 1 aromatic carbocycles. The van der Waals surface area contributed by atoms with Crippen LogP contribution in [0, 0.1) is 6.92 Å². The van der Waals surface area contributed by atoms with Gasteiger partial charge in [0.2, 0.25) is 10.0 Å². The van der Waals surface area contributed by atoms with Gasteiger partial charge in [0.05, 0.1) is 11.4 Å². The molecule has 0 amide bonds. The largest absolute Gasteiger partial charge is 0.441 e. The highest BCUT2D eigenvalue weighted by atomic mass is 35.5. The number of halogens is 1. The highest BCUT2D eigenvalue weighted by molar-refractivity contribution is 7.92. The van der Waals surface area contributed by atoms with Crippen molar-refractivity contribution in [2.45, 2.75) is 19.8 Å². The molecule has 0 spiro atoms. The fourth-order valence-corrected chi connectivity index (χ4v) is 3.08. The molecule has 104 valence electrons. The third-order valence-electron chi connectivity index (χ3n) is 2.56. The number of sulfonamides is 1. The molecular formula is C12H15ClN2O3S. The third kappa shape index (κ3) is 3.84. The zero-order valence-corrected chi connectivity index (χ0v) is 12.1. The van der Waals surface area contributed by atoms with Crippen LogP contribution in [0.4, 0.5) is 5.69 Å². The second kappa shape index (κ2) is 5.79. The number of aromatic nitrogens is 1. The average molecular weight is 303 g/mol. The van der Waals surface area contributed by atoms with Crippen LogP contribution >= 0.6 is 11.6 Å². The maximum atomic E-state index is 11.8. The van der Waals surface area contributed by atoms with Crippen LogP contribution < -0.4 is 4.72 Å². The predicted octanol–water partition coefficient (Wildman–Crippen LogP) is 2.90. The Labute approximate surface area is 117 Å². The minimum Gasteiger partial charge on any atom is -0.441 e. The van der Waals surface area contributed by atoms with Crippen molar-refractivity contribution < 1.29 is 12.8 Å². The quantitative estimate of drug-likeness (QED) is 0.658. The van der Waals surface area contributed by atoms with Crippen LogP contribution in [0.3, 0.4) is 0 Å². The Bertz CT molecular complexity index is 667. The number of hydrogen-bond acceptors (Lipinski definition) is 4. The van der Waals surface area contributed by atoms with Crippen molar-refractivity contribution in [3.8, 4) is 0 Å². The first-order valence-corrected chi connectivity index (χ1v) is 8.12. The number of nitrogens with one attached hydrogen (secondary N) is 1. The lowest BCUT2D eigenvalue weighted by Gasteiger charge is -2.07. The van der Waals surface area contributed by atoms with Gasteiger partial charge in [-0.15, -0.1) is 11.6 Å². The molecule has 1 aromatic heterocycles. The van der Waals surface area contributed by atoms with Gasteiger partial charge in [-0.25, -0.2) is 13.4 Å². The number of aryl methyl sites for hydroxylation is 1. The van der Waals surface area contributed by atoms with E-state index in [1.165, 1.54) is 0 Å². The average Bonchev–Trinajstić information content (AvgIpc) is 2.68. The summed E-state index contributed by atoms with van der Waals surface area (Å²) in [4.78, 5) is 4.16. The summed E-state index contributed by atoms with van der Waals surface area (Å²) >= 11 is 5.52. The first-order chi connectivity index (χ1) is 9.00. The van der Waals surface area contributed by atoms with E-state index in [9.17, 15) is 8.42 Å². The number of unbranched alkanes of at least 4 members (excludes halogenated alkanes) is 1. The number of fused-ring (bicyclic) bond motifs is 1. The highest BCUT2D eigenvalue weighted by Gasteiger charge is 2.11. The van der Waals surface area contributed by atoms with Gasteiger partial charge in [0.15, 0.2) is 11.5 Å². The van der Waals surface area contributed by atoms with Gasteiger partial charge >= 0.3 is 0 Å². The van der Waals surface area contributed by atoms with E-state index in [-0.39, 0.29) is 5.75 Å². The maximum Gasteiger partial charge on any atom is 0.232 e. The lowest BCUT2D eigenvalue weighted by Crippen LogP contribution is -2.16. The molecule has 0 unspecified atom stereocenters. The van der Waals surface area contributed by atoms with E-state index in [0.29, 0.717) is 41.4 Å². The normalized spacial score (nSPS) is 11.9. The second-order valence-corrected chi connectivity index (χ2v) is 6.45. The Morgan fingerprint density at radius 1 is 1.37 bits per heavy atom. The summed E-state index contributed by atoms with van der Waals surface area (Å²) in [7, 11) is -3.34. The molecule has 7 heteroatoms. The SMILES string of the molecule is Cc1nc2cc(NS(=O)(=O)CCCCCl)ccc2o1. The van der Waals surface area contributed by atoms with Crippen molar-refractivity contribution >= 4 is 38.4 Å². The molecule has 0 saturated carbocycles. The Hall–Kier alpha value is -1.27. The summed E-state index contributed by atoms with van der Waals surface area (Å²) in [6.45, 7) is 1.75. The van der Waals surface area contributed by atoms with Gasteiger partial charge in [-0.05, 0) is 31.0 Å². The fraction of sp³-hybridized carbons (Fsp3) is 0.417. The molecule has 2 aromatic rings. The van der Waals surface area contributed by atoms with Gasteiger partial charge in [0.1, 0.15) is 5.52 Å². The molecule has 0 radical (unpaired) electrons. The number of nitrogens with zero attached hydrogens (tertiary/aromatic N) is 1. The monoisotopic (exact) mass is 302 g/mol. The summed E-state index contributed by atoms with van der Waals surface area (Å²) in [5.74, 6) is 1.09. The number of oxazole rings is 1. The molecule has 19 heavy (non-hydrogen) atoms. The molecule has 0 saturated heterocycles. The van der Waals surface area contributed by atoms with E-state index < -0.39 is 10.0 Å². The number of hydrogen-bond donors (Lipinski definition) is 1. The lowest BCUT2D eigenvalue weighted by atomic mass is 10.3. The summed E-state index contributed by atoms with van der Waals surface area (Å²) < 4.78 is 31.5. The first-order valence-electron chi connectivity index (χ1n) is 5.94. The molecule has 0 aliphatic rings. The zero-order chi connectivity index (χ0) is 13.9. The maximum absolute atomic E-state index is 11.8. The fourth-order valence-electron chi connectivity index (χ4n) is 1.72. The summed E-state index contributed by atoms with van der Waals surface area (Å²) in [6.07, 6.45) is 1.23. The van der Waals surface area contributed by atoms with E-state index in [0.717, 1.165) is 0 Å². The Kier molecular flexibility index (Phi) is 4.31. The Morgan fingerprint density at radius 2 is 2.16 bits per heavy atom. The van der Waals surface area contributed by atoms with Crippen LogP contribution in [-0.2, 0) is 10.0 Å². The van der Waals surface area contributed by atoms with Crippen LogP contribution in [0.15, 0.2) is 22.6 Å². The number of alkyl halides is 1. The second-order valence-electron chi connectivity index (χ2n) is 4.23. The molecule has 5 nitrogen and oxygen atoms in total. The summed E-state index contributed by atoms with van der Waals surface area (Å²) in [5, 5.41) is 0. The van der Waals surface area contributed by atoms with E-state index >= 15 is 0 Å². The van der Waals surface area contributed by atoms with Crippen molar-refractivity contribution in [1.82, 2.24) is 4.98 Å². The molecule has 0 aliphatic heterocycles. The molecular weight excluding hydrogens is 288 g/mol. The van der Waals surface area contributed by atoms with E-state index in [1.807, 2.05) is 0 Å². The first kappa shape index (κ1) is 14.1. The van der Waals surface area contributed by atoms with Crippen LogP contribution in [0.1, 0.15) is 18.7 Å². The van der Waals surface area contributed by atoms with Crippen LogP contribution in [0.5, 0.6) is 0 Å². The van der Waals surface area contributed by atoms with E-state index in [2.05, 4.69) is 9.71 Å². The van der Waals surface area contributed by atoms with Gasteiger partial charge < -0.3 is 4.42 Å². The number of benzene rings is 1. The van der Waals surface area contributed by atoms with Gasteiger partial charge in [0.25, 0.3) is 0 Å². The minimum absolute atomic E-state index is 0.0651. The van der Waals surface area contributed by atoms with Gasteiger partial charge in [0, 0.05) is 12.8 Å². The van der Waals surface area contributed by atoms with Gasteiger partial charge in [-0.3, -0.25) is 4.72 Å². The smallest absolute Gasteiger partial charge is 0.232 e. The van der Waals surface area contributed by atoms with Crippen LogP contribution in [-0.4, -0.2) is 25.0 Å². The lowest BCUT2D eigenvalue weighted by molar-refractivity contribution is 0.561. The van der Waals surface area contributed by atoms with Crippen molar-refractivity contribution in [2.24, 2.45) is 0 Å². The molecule has 0 atom stereocenters. The van der Waals surface area contributed by atoms with Crippen molar-refractivity contribution in [2.75, 3.05) is 16.4 Å². The molecule has 1 N–H and O–H groups in total. The molecule has 0 aliphatic carbocycles. The van der Waals surface area contributed by atoms with E-state index in [4.69, 9.17) is 16.0 Å². The molecule has 0 bridgehead atoms. The van der Waals surface area contributed by atoms with E-state index in [1.54, 1.807) is 25.1 Å². The van der Waals surface area contributed by atoms with Gasteiger partial charge in [-0.1, -0.05) is 0 Å². The van der Waals surface area contributed by atoms with Crippen molar-refractivity contribution in [3.63, 3.8) is 0 Å². The summed E-state index contributed by atoms with van der Waals surface area (Å²) in [6, 6.07) is 5.02. The Morgan fingerprint density at radius 3 is 2.89 bits per heavy atom. The molecule has 1 heterocycles. The zero-order valence-electron chi connectivity index (χ0n) is 10.5. The van der Waals surface area contributed by atoms with Crippen LogP contribution in [0.25, 0.3) is 11.1 Å². The standard InChI is InChI=1S/C12H15ClN2O3S/c1-9-14-11-8-10(4-5-12(11)18-9)15-19(16,17)7-3-2-6-13/h4-5,8,15H,2-3,6-7H2,1H3. The highest BCUT2D eigenvalue weighted by Crippen LogP contribution is 2.20. The third-order valence-corrected chi connectivity index (χ3v) is 4.20. The number of anilines is 1. The molecule has 0 fully saturated rings. The predicted molar refractivity (Wildman–Crippen MR) is 76.1 cm³/mol. The van der Waals surface area contributed by atoms with Crippen molar-refractivity contribution in [3.05, 3.63) is 24.1 Å². The molecule has 2 rings (SSSR count). The number of rotatable bonds is 6. The van der Waals surface area contributed by atoms with Gasteiger partial charge in [-0.2, -0.15) is 0 Å².